The number of para-hydroxylation sites is 1. The van der Waals surface area contributed by atoms with Crippen LogP contribution in [0.2, 0.25) is 5.15 Å². The molecule has 4 nitrogen and oxygen atoms in total. The number of alkyl halides is 3. The maximum absolute atomic E-state index is 13.2. The monoisotopic (exact) mass is 425 g/mol. The zero-order valence-electron chi connectivity index (χ0n) is 16.5. The van der Waals surface area contributed by atoms with Gasteiger partial charge in [0.2, 0.25) is 0 Å². The van der Waals surface area contributed by atoms with Gasteiger partial charge in [-0.25, -0.2) is 4.98 Å². The molecule has 0 saturated carbocycles. The van der Waals surface area contributed by atoms with Gasteiger partial charge in [-0.2, -0.15) is 13.2 Å². The smallest absolute Gasteiger partial charge is 0.401 e. The van der Waals surface area contributed by atoms with Gasteiger partial charge in [0.1, 0.15) is 10.9 Å². The number of aromatic amines is 1. The van der Waals surface area contributed by atoms with Crippen molar-refractivity contribution in [3.05, 3.63) is 58.5 Å². The molecule has 1 atom stereocenters. The quantitative estimate of drug-likeness (QED) is 0.542. The van der Waals surface area contributed by atoms with Crippen LogP contribution in [0, 0.1) is 0 Å². The van der Waals surface area contributed by atoms with E-state index in [2.05, 4.69) is 9.97 Å². The molecule has 0 spiro atoms. The fourth-order valence-electron chi connectivity index (χ4n) is 3.85. The van der Waals surface area contributed by atoms with Crippen LogP contribution in [0.4, 0.5) is 13.2 Å². The zero-order valence-corrected chi connectivity index (χ0v) is 17.2. The summed E-state index contributed by atoms with van der Waals surface area (Å²) in [6.45, 7) is 3.27. The van der Waals surface area contributed by atoms with Crippen LogP contribution in [-0.4, -0.2) is 41.2 Å². The Kier molecular flexibility index (Phi) is 6.39. The Morgan fingerprint density at radius 3 is 2.69 bits per heavy atom. The molecule has 0 fully saturated rings. The van der Waals surface area contributed by atoms with Gasteiger partial charge >= 0.3 is 6.18 Å². The fourth-order valence-corrected chi connectivity index (χ4v) is 4.00. The Hall–Kier alpha value is -2.25. The number of hydrogen-bond donors (Lipinski definition) is 1. The van der Waals surface area contributed by atoms with Crippen LogP contribution in [0.3, 0.4) is 0 Å². The number of benzene rings is 1. The van der Waals surface area contributed by atoms with Crippen molar-refractivity contribution in [1.29, 1.82) is 0 Å². The first kappa shape index (κ1) is 21.5. The minimum atomic E-state index is -4.31. The second kappa shape index (κ2) is 8.63. The highest BCUT2D eigenvalue weighted by molar-refractivity contribution is 6.29. The third kappa shape index (κ3) is 4.36. The molecule has 0 bridgehead atoms. The van der Waals surface area contributed by atoms with Crippen molar-refractivity contribution in [2.45, 2.75) is 32.5 Å². The second-order valence-electron chi connectivity index (χ2n) is 6.55. The number of nitrogens with zero attached hydrogens (tertiary/aromatic N) is 2. The third-order valence-electron chi connectivity index (χ3n) is 4.89. The number of pyridine rings is 1. The highest BCUT2D eigenvalue weighted by atomic mass is 35.5. The Morgan fingerprint density at radius 1 is 1.28 bits per heavy atom. The van der Waals surface area contributed by atoms with Crippen LogP contribution < -0.4 is 4.74 Å². The molecule has 0 aliphatic carbocycles. The molecule has 3 heterocycles. The van der Waals surface area contributed by atoms with E-state index in [1.165, 1.54) is 24.3 Å². The van der Waals surface area contributed by atoms with Crippen LogP contribution in [0.5, 0.6) is 5.75 Å². The molecule has 1 unspecified atom stereocenters. The van der Waals surface area contributed by atoms with Crippen molar-refractivity contribution in [2.75, 3.05) is 20.2 Å². The van der Waals surface area contributed by atoms with Crippen LogP contribution in [0.25, 0.3) is 10.9 Å². The van der Waals surface area contributed by atoms with Crippen LogP contribution in [-0.2, 0) is 6.42 Å². The van der Waals surface area contributed by atoms with Crippen molar-refractivity contribution < 1.29 is 17.9 Å². The highest BCUT2D eigenvalue weighted by Gasteiger charge is 2.40. The van der Waals surface area contributed by atoms with Crippen molar-refractivity contribution in [3.63, 3.8) is 0 Å². The molecule has 1 aliphatic heterocycles. The van der Waals surface area contributed by atoms with Gasteiger partial charge in [-0.05, 0) is 18.1 Å². The van der Waals surface area contributed by atoms with Gasteiger partial charge in [0.05, 0.1) is 19.7 Å². The summed E-state index contributed by atoms with van der Waals surface area (Å²) in [5, 5.41) is 1.26. The first-order chi connectivity index (χ1) is 13.9. The maximum Gasteiger partial charge on any atom is 0.401 e. The van der Waals surface area contributed by atoms with E-state index in [1.54, 1.807) is 0 Å². The van der Waals surface area contributed by atoms with E-state index in [-0.39, 0.29) is 11.7 Å². The van der Waals surface area contributed by atoms with E-state index < -0.39 is 18.8 Å². The molecule has 8 heteroatoms. The van der Waals surface area contributed by atoms with Gasteiger partial charge in [-0.15, -0.1) is 0 Å². The number of methoxy groups -OCH3 is 1. The Labute approximate surface area is 172 Å². The third-order valence-corrected chi connectivity index (χ3v) is 5.10. The number of H-pyrrole nitrogens is 1. The molecule has 2 aromatic heterocycles. The van der Waals surface area contributed by atoms with Gasteiger partial charge in [0.15, 0.2) is 0 Å². The van der Waals surface area contributed by atoms with Crippen molar-refractivity contribution in [2.24, 2.45) is 0 Å². The summed E-state index contributed by atoms with van der Waals surface area (Å²) < 4.78 is 45.1. The van der Waals surface area contributed by atoms with Gasteiger partial charge in [0.25, 0.3) is 0 Å². The molecule has 0 saturated heterocycles. The molecular weight excluding hydrogens is 403 g/mol. The van der Waals surface area contributed by atoms with E-state index in [9.17, 15) is 13.2 Å². The average Bonchev–Trinajstić information content (AvgIpc) is 3.07. The average molecular weight is 426 g/mol. The lowest BCUT2D eigenvalue weighted by Gasteiger charge is -2.36. The van der Waals surface area contributed by atoms with Gasteiger partial charge in [0, 0.05) is 41.0 Å². The van der Waals surface area contributed by atoms with Gasteiger partial charge < -0.3 is 9.72 Å². The number of rotatable bonds is 3. The molecule has 0 amide bonds. The van der Waals surface area contributed by atoms with Crippen LogP contribution >= 0.6 is 11.6 Å². The Morgan fingerprint density at radius 2 is 2.00 bits per heavy atom. The Bertz CT molecular complexity index is 987. The highest BCUT2D eigenvalue weighted by Crippen LogP contribution is 2.42. The van der Waals surface area contributed by atoms with Crippen molar-refractivity contribution >= 4 is 22.5 Å². The van der Waals surface area contributed by atoms with E-state index in [0.717, 1.165) is 22.2 Å². The van der Waals surface area contributed by atoms with Crippen LogP contribution in [0.1, 0.15) is 36.7 Å². The minimum absolute atomic E-state index is 0.227. The summed E-state index contributed by atoms with van der Waals surface area (Å²) >= 11 is 5.95. The molecule has 1 aromatic carbocycles. The second-order valence-corrected chi connectivity index (χ2v) is 6.94. The maximum atomic E-state index is 13.2. The first-order valence-corrected chi connectivity index (χ1v) is 9.85. The summed E-state index contributed by atoms with van der Waals surface area (Å²) in [6, 6.07) is 8.62. The summed E-state index contributed by atoms with van der Waals surface area (Å²) in [7, 11) is 1.47. The lowest BCUT2D eigenvalue weighted by atomic mass is 9.92. The number of aromatic nitrogens is 2. The fraction of sp³-hybridized carbons (Fsp3) is 0.381. The van der Waals surface area contributed by atoms with Gasteiger partial charge in [-0.1, -0.05) is 43.6 Å². The number of fused-ring (bicyclic) bond motifs is 3. The summed E-state index contributed by atoms with van der Waals surface area (Å²) in [5.41, 5.74) is 3.24. The summed E-state index contributed by atoms with van der Waals surface area (Å²) in [5.74, 6) is 0.415. The molecule has 29 heavy (non-hydrogen) atoms. The molecular formula is C21H23ClF3N3O. The van der Waals surface area contributed by atoms with E-state index >= 15 is 0 Å². The van der Waals surface area contributed by atoms with Gasteiger partial charge in [-0.3, -0.25) is 4.90 Å². The van der Waals surface area contributed by atoms with Crippen LogP contribution in [0.15, 0.2) is 36.5 Å². The molecule has 1 N–H and O–H groups in total. The van der Waals surface area contributed by atoms with Crippen molar-refractivity contribution in [1.82, 2.24) is 14.9 Å². The number of ether oxygens (including phenoxy) is 1. The van der Waals surface area contributed by atoms with Crippen molar-refractivity contribution in [3.8, 4) is 5.75 Å². The largest absolute Gasteiger partial charge is 0.496 e. The normalized spacial score (nSPS) is 16.9. The SMILES string of the molecule is CC.COc1cc(Cl)ncc1C1c2[nH]c3ccccc3c2CCN1CC(F)(F)F. The molecule has 0 radical (unpaired) electrons. The molecule has 4 rings (SSSR count). The summed E-state index contributed by atoms with van der Waals surface area (Å²) in [4.78, 5) is 8.81. The lowest BCUT2D eigenvalue weighted by molar-refractivity contribution is -0.150. The molecule has 1 aliphatic rings. The first-order valence-electron chi connectivity index (χ1n) is 9.47. The lowest BCUT2D eigenvalue weighted by Crippen LogP contribution is -2.42. The predicted molar refractivity (Wildman–Crippen MR) is 109 cm³/mol. The zero-order chi connectivity index (χ0) is 21.2. The van der Waals surface area contributed by atoms with E-state index in [1.807, 2.05) is 38.1 Å². The van der Waals surface area contributed by atoms with E-state index in [0.29, 0.717) is 17.7 Å². The number of halogens is 4. The topological polar surface area (TPSA) is 41.1 Å². The molecule has 156 valence electrons. The van der Waals surface area contributed by atoms with E-state index in [4.69, 9.17) is 16.3 Å². The minimum Gasteiger partial charge on any atom is -0.496 e. The number of hydrogen-bond acceptors (Lipinski definition) is 3. The summed E-state index contributed by atoms with van der Waals surface area (Å²) in [6.07, 6.45) is -2.28. The Balaban J connectivity index is 0.00000117. The molecule has 3 aromatic rings. The standard InChI is InChI=1S/C19H17ClF3N3O.C2H6/c1-27-15-8-16(20)24-9-13(15)18-17-12(6-7-26(18)10-19(21,22)23)11-4-2-3-5-14(11)25-17;1-2/h2-5,8-9,18,25H,6-7,10H2,1H3;1-2H3. The number of nitrogens with one attached hydrogen (secondary N) is 1. The predicted octanol–water partition coefficient (Wildman–Crippen LogP) is 5.76.